The van der Waals surface area contributed by atoms with E-state index in [0.29, 0.717) is 23.4 Å². The van der Waals surface area contributed by atoms with Crippen LogP contribution in [0.3, 0.4) is 0 Å². The Morgan fingerprint density at radius 1 is 1.03 bits per heavy atom. The molecule has 0 aliphatic rings. The van der Waals surface area contributed by atoms with E-state index in [2.05, 4.69) is 6.92 Å². The molecule has 35 heavy (non-hydrogen) atoms. The topological polar surface area (TPSA) is 39.2 Å². The van der Waals surface area contributed by atoms with Gasteiger partial charge in [-0.05, 0) is 67.8 Å². The number of hydrogen-bond donors (Lipinski definition) is 0. The third kappa shape index (κ3) is 7.59. The summed E-state index contributed by atoms with van der Waals surface area (Å²) < 4.78 is 44.2. The second-order valence-corrected chi connectivity index (χ2v) is 9.70. The maximum atomic E-state index is 12.9. The Balaban J connectivity index is 1.82. The number of benzene rings is 2. The van der Waals surface area contributed by atoms with Crippen molar-refractivity contribution in [3.63, 3.8) is 0 Å². The van der Waals surface area contributed by atoms with Crippen molar-refractivity contribution in [2.45, 2.75) is 69.2 Å². The van der Waals surface area contributed by atoms with Crippen molar-refractivity contribution in [2.24, 2.45) is 0 Å². The molecule has 3 aromatic rings. The first-order valence-corrected chi connectivity index (χ1v) is 12.7. The predicted molar refractivity (Wildman–Crippen MR) is 135 cm³/mol. The van der Waals surface area contributed by atoms with Crippen molar-refractivity contribution in [2.75, 3.05) is 0 Å². The van der Waals surface area contributed by atoms with Crippen LogP contribution in [0.15, 0.2) is 65.6 Å². The van der Waals surface area contributed by atoms with Gasteiger partial charge in [0.1, 0.15) is 5.75 Å². The van der Waals surface area contributed by atoms with Gasteiger partial charge in [-0.15, -0.1) is 11.8 Å². The molecular weight excluding hydrogens is 471 g/mol. The van der Waals surface area contributed by atoms with Crippen molar-refractivity contribution >= 4 is 17.7 Å². The van der Waals surface area contributed by atoms with E-state index >= 15 is 0 Å². The van der Waals surface area contributed by atoms with Gasteiger partial charge in [0.05, 0.1) is 22.2 Å². The van der Waals surface area contributed by atoms with Crippen LogP contribution in [0.1, 0.15) is 68.0 Å². The largest absolute Gasteiger partial charge is 0.426 e. The summed E-state index contributed by atoms with van der Waals surface area (Å²) in [6.07, 6.45) is -0.259. The summed E-state index contributed by atoms with van der Waals surface area (Å²) in [6, 6.07) is 16.6. The molecule has 3 rings (SSSR count). The van der Waals surface area contributed by atoms with E-state index in [4.69, 9.17) is 9.72 Å². The highest BCUT2D eigenvalue weighted by atomic mass is 32.2. The second-order valence-electron chi connectivity index (χ2n) is 8.42. The van der Waals surface area contributed by atoms with Crippen molar-refractivity contribution < 1.29 is 22.7 Å². The lowest BCUT2D eigenvalue weighted by Gasteiger charge is -2.18. The van der Waals surface area contributed by atoms with Gasteiger partial charge in [0.25, 0.3) is 0 Å². The van der Waals surface area contributed by atoms with E-state index in [1.54, 1.807) is 11.8 Å². The number of pyridine rings is 1. The van der Waals surface area contributed by atoms with Crippen LogP contribution in [-0.4, -0.2) is 11.0 Å². The number of unbranched alkanes of at least 4 members (excludes halogenated alkanes) is 1. The highest BCUT2D eigenvalue weighted by molar-refractivity contribution is 7.99. The molecule has 0 amide bonds. The Hall–Kier alpha value is -2.80. The molecular formula is C28H30F3NO2S. The van der Waals surface area contributed by atoms with E-state index in [9.17, 15) is 18.0 Å². The molecule has 0 bridgehead atoms. The van der Waals surface area contributed by atoms with E-state index in [1.165, 1.54) is 12.1 Å². The normalized spacial score (nSPS) is 12.4. The number of halogens is 3. The number of alkyl halides is 3. The molecule has 0 unspecified atom stereocenters. The number of aryl methyl sites for hydroxylation is 1. The minimum Gasteiger partial charge on any atom is -0.426 e. The zero-order valence-corrected chi connectivity index (χ0v) is 21.0. The minimum absolute atomic E-state index is 0.0808. The van der Waals surface area contributed by atoms with Gasteiger partial charge in [0, 0.05) is 16.9 Å². The highest BCUT2D eigenvalue weighted by Crippen LogP contribution is 2.40. The molecule has 1 aromatic heterocycles. The van der Waals surface area contributed by atoms with Crippen LogP contribution < -0.4 is 4.74 Å². The van der Waals surface area contributed by atoms with Gasteiger partial charge in [-0.3, -0.25) is 9.78 Å². The second kappa shape index (κ2) is 12.2. The zero-order chi connectivity index (χ0) is 25.4. The van der Waals surface area contributed by atoms with Crippen molar-refractivity contribution in [1.29, 1.82) is 0 Å². The number of hydrogen-bond acceptors (Lipinski definition) is 4. The first-order chi connectivity index (χ1) is 16.7. The maximum Gasteiger partial charge on any atom is 0.416 e. The minimum atomic E-state index is -4.36. The third-order valence-corrected chi connectivity index (χ3v) is 6.82. The number of esters is 1. The lowest BCUT2D eigenvalue weighted by atomic mass is 10.1. The first kappa shape index (κ1) is 26.8. The molecule has 0 radical (unpaired) electrons. The fourth-order valence-corrected chi connectivity index (χ4v) is 4.89. The quantitative estimate of drug-likeness (QED) is 0.158. The first-order valence-electron chi connectivity index (χ1n) is 11.8. The molecule has 0 N–H and O–H groups in total. The summed E-state index contributed by atoms with van der Waals surface area (Å²) in [5, 5.41) is 0.0808. The molecule has 0 aliphatic heterocycles. The molecule has 0 saturated carbocycles. The van der Waals surface area contributed by atoms with E-state index in [0.717, 1.165) is 54.0 Å². The highest BCUT2D eigenvalue weighted by Gasteiger charge is 2.30. The number of rotatable bonds is 10. The molecule has 186 valence electrons. The molecule has 3 nitrogen and oxygen atoms in total. The number of ether oxygens (including phenoxy) is 1. The van der Waals surface area contributed by atoms with Crippen LogP contribution in [0, 0.1) is 6.92 Å². The Bertz CT molecular complexity index is 1130. The fraction of sp³-hybridized carbons (Fsp3) is 0.357. The average molecular weight is 502 g/mol. The van der Waals surface area contributed by atoms with Gasteiger partial charge in [-0.2, -0.15) is 13.2 Å². The summed E-state index contributed by atoms with van der Waals surface area (Å²) in [5.74, 6) is 0.335. The van der Waals surface area contributed by atoms with E-state index in [1.807, 2.05) is 50.2 Å². The zero-order valence-electron chi connectivity index (χ0n) is 20.2. The standard InChI is InChI=1S/C28H30F3NO2S/c1-4-6-11-26(35-22-16-17-25(19(3)18-22)34-27(33)8-5-2)24-10-7-9-23(32-24)20-12-14-21(15-13-20)28(29,30)31/h7,9-10,12-18,26H,4-6,8,11H2,1-3H3/t26-/m0/s1. The van der Waals surface area contributed by atoms with E-state index < -0.39 is 11.7 Å². The number of thioether (sulfide) groups is 1. The summed E-state index contributed by atoms with van der Waals surface area (Å²) >= 11 is 1.69. The van der Waals surface area contributed by atoms with Gasteiger partial charge in [-0.1, -0.05) is 44.9 Å². The molecule has 0 aliphatic carbocycles. The lowest BCUT2D eigenvalue weighted by Crippen LogP contribution is -2.07. The Morgan fingerprint density at radius 2 is 1.77 bits per heavy atom. The van der Waals surface area contributed by atoms with Crippen LogP contribution in [0.5, 0.6) is 5.75 Å². The van der Waals surface area contributed by atoms with Crippen molar-refractivity contribution in [1.82, 2.24) is 4.98 Å². The molecule has 0 fully saturated rings. The van der Waals surface area contributed by atoms with Crippen molar-refractivity contribution in [3.8, 4) is 17.0 Å². The van der Waals surface area contributed by atoms with E-state index in [-0.39, 0.29) is 11.2 Å². The Morgan fingerprint density at radius 3 is 2.40 bits per heavy atom. The Labute approximate surface area is 209 Å². The molecule has 1 heterocycles. The van der Waals surface area contributed by atoms with Gasteiger partial charge in [0.2, 0.25) is 0 Å². The molecule has 0 spiro atoms. The average Bonchev–Trinajstić information content (AvgIpc) is 2.83. The van der Waals surface area contributed by atoms with Crippen molar-refractivity contribution in [3.05, 3.63) is 77.5 Å². The smallest absolute Gasteiger partial charge is 0.416 e. The number of carbonyl (C=O) groups excluding carboxylic acids is 1. The number of carbonyl (C=O) groups is 1. The van der Waals surface area contributed by atoms with Gasteiger partial charge < -0.3 is 4.74 Å². The van der Waals surface area contributed by atoms with Crippen LogP contribution in [0.25, 0.3) is 11.3 Å². The lowest BCUT2D eigenvalue weighted by molar-refractivity contribution is -0.137. The van der Waals surface area contributed by atoms with Gasteiger partial charge >= 0.3 is 12.1 Å². The summed E-state index contributed by atoms with van der Waals surface area (Å²) in [7, 11) is 0. The molecule has 1 atom stereocenters. The SMILES string of the molecule is CCCC[C@H](Sc1ccc(OC(=O)CCC)c(C)c1)c1cccc(-c2ccc(C(F)(F)F)cc2)n1. The van der Waals surface area contributed by atoms with Crippen LogP contribution >= 0.6 is 11.8 Å². The third-order valence-electron chi connectivity index (χ3n) is 5.53. The molecule has 7 heteroatoms. The summed E-state index contributed by atoms with van der Waals surface area (Å²) in [4.78, 5) is 17.7. The monoisotopic (exact) mass is 501 g/mol. The Kier molecular flexibility index (Phi) is 9.38. The predicted octanol–water partition coefficient (Wildman–Crippen LogP) is 8.80. The van der Waals surface area contributed by atoms with Gasteiger partial charge in [0.15, 0.2) is 0 Å². The van der Waals surface area contributed by atoms with Gasteiger partial charge in [-0.25, -0.2) is 0 Å². The van der Waals surface area contributed by atoms with Crippen LogP contribution in [0.4, 0.5) is 13.2 Å². The number of nitrogens with zero attached hydrogens (tertiary/aromatic N) is 1. The summed E-state index contributed by atoms with van der Waals surface area (Å²) in [5.41, 5.74) is 2.39. The number of aromatic nitrogens is 1. The van der Waals surface area contributed by atoms with Crippen LogP contribution in [-0.2, 0) is 11.0 Å². The van der Waals surface area contributed by atoms with Crippen LogP contribution in [0.2, 0.25) is 0 Å². The molecule has 0 saturated heterocycles. The molecule has 2 aromatic carbocycles. The fourth-order valence-electron chi connectivity index (χ4n) is 3.63. The maximum absolute atomic E-state index is 12.9. The summed E-state index contributed by atoms with van der Waals surface area (Å²) in [6.45, 7) is 5.99.